The first kappa shape index (κ1) is 26.3. The zero-order chi connectivity index (χ0) is 25.5. The predicted molar refractivity (Wildman–Crippen MR) is 135 cm³/mol. The molecule has 0 bridgehead atoms. The van der Waals surface area contributed by atoms with Gasteiger partial charge < -0.3 is 14.7 Å². The third-order valence-electron chi connectivity index (χ3n) is 6.01. The number of aliphatic hydroxyl groups excluding tert-OH is 1. The van der Waals surface area contributed by atoms with Crippen molar-refractivity contribution in [2.45, 2.75) is 53.7 Å². The van der Waals surface area contributed by atoms with E-state index >= 15 is 0 Å². The number of rotatable bonds is 12. The summed E-state index contributed by atoms with van der Waals surface area (Å²) in [5, 5.41) is 14.5. The van der Waals surface area contributed by atoms with Crippen LogP contribution in [-0.2, 0) is 17.9 Å². The molecule has 3 aromatic rings. The summed E-state index contributed by atoms with van der Waals surface area (Å²) in [5.41, 5.74) is 1.76. The van der Waals surface area contributed by atoms with E-state index in [1.54, 1.807) is 42.1 Å². The van der Waals surface area contributed by atoms with Crippen LogP contribution in [0.5, 0.6) is 5.75 Å². The fourth-order valence-electron chi connectivity index (χ4n) is 3.78. The summed E-state index contributed by atoms with van der Waals surface area (Å²) in [6.45, 7) is 9.83. The largest absolute Gasteiger partial charge is 0.497 e. The molecule has 1 aromatic carbocycles. The Morgan fingerprint density at radius 1 is 1.06 bits per heavy atom. The Morgan fingerprint density at radius 2 is 1.74 bits per heavy atom. The quantitative estimate of drug-likeness (QED) is 0.392. The van der Waals surface area contributed by atoms with Gasteiger partial charge in [0.05, 0.1) is 24.9 Å². The highest BCUT2D eigenvalue weighted by Crippen LogP contribution is 2.26. The number of benzene rings is 1. The molecule has 8 heteroatoms. The number of aromatic nitrogens is 3. The van der Waals surface area contributed by atoms with Crippen LogP contribution >= 0.6 is 0 Å². The second-order valence-corrected chi connectivity index (χ2v) is 9.66. The van der Waals surface area contributed by atoms with Crippen molar-refractivity contribution in [1.82, 2.24) is 19.7 Å². The van der Waals surface area contributed by atoms with Crippen LogP contribution < -0.4 is 4.74 Å². The highest BCUT2D eigenvalue weighted by molar-refractivity contribution is 6.15. The van der Waals surface area contributed by atoms with Gasteiger partial charge in [-0.25, -0.2) is 0 Å². The first-order valence-corrected chi connectivity index (χ1v) is 12.2. The summed E-state index contributed by atoms with van der Waals surface area (Å²) in [6.07, 6.45) is 3.29. The van der Waals surface area contributed by atoms with Crippen molar-refractivity contribution in [3.05, 3.63) is 53.5 Å². The highest BCUT2D eigenvalue weighted by Gasteiger charge is 2.23. The lowest BCUT2D eigenvalue weighted by Crippen LogP contribution is -2.36. The SMILES string of the molecule is COc1ccc2c(C(=O)c3ccc(CO)nc3)nn(CC(=O)N(CCC(C)C)CCC(C)C)c2c1. The van der Waals surface area contributed by atoms with E-state index in [2.05, 4.69) is 37.8 Å². The minimum absolute atomic E-state index is 0.0218. The minimum Gasteiger partial charge on any atom is -0.497 e. The maximum absolute atomic E-state index is 13.4. The third-order valence-corrected chi connectivity index (χ3v) is 6.01. The van der Waals surface area contributed by atoms with Crippen molar-refractivity contribution in [3.8, 4) is 5.75 Å². The van der Waals surface area contributed by atoms with E-state index in [4.69, 9.17) is 4.74 Å². The fraction of sp³-hybridized carbons (Fsp3) is 0.481. The number of nitrogens with zero attached hydrogens (tertiary/aromatic N) is 4. The Balaban J connectivity index is 1.95. The molecule has 8 nitrogen and oxygen atoms in total. The number of ketones is 1. The molecule has 188 valence electrons. The Labute approximate surface area is 206 Å². The number of amides is 1. The smallest absolute Gasteiger partial charge is 0.244 e. The van der Waals surface area contributed by atoms with Crippen LogP contribution in [0, 0.1) is 11.8 Å². The maximum atomic E-state index is 13.4. The van der Waals surface area contributed by atoms with Crippen molar-refractivity contribution < 1.29 is 19.4 Å². The lowest BCUT2D eigenvalue weighted by atomic mass is 10.1. The summed E-state index contributed by atoms with van der Waals surface area (Å²) in [5.74, 6) is 1.30. The van der Waals surface area contributed by atoms with Gasteiger partial charge in [0.15, 0.2) is 0 Å². The van der Waals surface area contributed by atoms with E-state index < -0.39 is 0 Å². The van der Waals surface area contributed by atoms with Crippen molar-refractivity contribution in [2.75, 3.05) is 20.2 Å². The molecule has 0 spiro atoms. The average molecular weight is 481 g/mol. The van der Waals surface area contributed by atoms with Crippen molar-refractivity contribution in [2.24, 2.45) is 11.8 Å². The van der Waals surface area contributed by atoms with Gasteiger partial charge in [-0.2, -0.15) is 5.10 Å². The number of carbonyl (C=O) groups excluding carboxylic acids is 2. The molecule has 0 radical (unpaired) electrons. The monoisotopic (exact) mass is 480 g/mol. The van der Waals surface area contributed by atoms with Crippen LogP contribution in [0.2, 0.25) is 0 Å². The van der Waals surface area contributed by atoms with Gasteiger partial charge in [0.25, 0.3) is 0 Å². The molecule has 2 aromatic heterocycles. The first-order valence-electron chi connectivity index (χ1n) is 12.2. The number of ether oxygens (including phenoxy) is 1. The Kier molecular flexibility index (Phi) is 8.98. The van der Waals surface area contributed by atoms with E-state index in [0.717, 1.165) is 12.8 Å². The maximum Gasteiger partial charge on any atom is 0.244 e. The summed E-state index contributed by atoms with van der Waals surface area (Å²) in [6, 6.07) is 8.60. The molecule has 0 atom stereocenters. The summed E-state index contributed by atoms with van der Waals surface area (Å²) < 4.78 is 6.98. The molecule has 0 aliphatic heterocycles. The average Bonchev–Trinajstić information content (AvgIpc) is 3.20. The third kappa shape index (κ3) is 6.66. The molecular weight excluding hydrogens is 444 g/mol. The number of aliphatic hydroxyl groups is 1. The summed E-state index contributed by atoms with van der Waals surface area (Å²) >= 11 is 0. The molecule has 3 rings (SSSR count). The van der Waals surface area contributed by atoms with Gasteiger partial charge in [0.2, 0.25) is 11.7 Å². The van der Waals surface area contributed by atoms with Gasteiger partial charge in [-0.15, -0.1) is 0 Å². The number of pyridine rings is 1. The summed E-state index contributed by atoms with van der Waals surface area (Å²) in [7, 11) is 1.58. The van der Waals surface area contributed by atoms with Gasteiger partial charge in [-0.3, -0.25) is 19.3 Å². The number of hydrogen-bond acceptors (Lipinski definition) is 6. The highest BCUT2D eigenvalue weighted by atomic mass is 16.5. The predicted octanol–water partition coefficient (Wildman–Crippen LogP) is 4.08. The van der Waals surface area contributed by atoms with E-state index in [0.29, 0.717) is 52.8 Å². The van der Waals surface area contributed by atoms with Crippen LogP contribution in [0.1, 0.15) is 62.3 Å². The minimum atomic E-state index is -0.292. The van der Waals surface area contributed by atoms with Gasteiger partial charge in [-0.05, 0) is 48.9 Å². The van der Waals surface area contributed by atoms with Gasteiger partial charge in [0.1, 0.15) is 18.0 Å². The lowest BCUT2D eigenvalue weighted by molar-refractivity contribution is -0.132. The van der Waals surface area contributed by atoms with Crippen LogP contribution in [0.4, 0.5) is 0 Å². The van der Waals surface area contributed by atoms with Gasteiger partial charge >= 0.3 is 0 Å². The Morgan fingerprint density at radius 3 is 2.29 bits per heavy atom. The number of methoxy groups -OCH3 is 1. The van der Waals surface area contributed by atoms with Crippen LogP contribution in [0.25, 0.3) is 10.9 Å². The molecule has 0 saturated carbocycles. The Bertz CT molecular complexity index is 1140. The van der Waals surface area contributed by atoms with Gasteiger partial charge in [-0.1, -0.05) is 27.7 Å². The molecule has 0 saturated heterocycles. The van der Waals surface area contributed by atoms with E-state index in [-0.39, 0.29) is 30.5 Å². The van der Waals surface area contributed by atoms with Gasteiger partial charge in [0, 0.05) is 36.3 Å². The number of fused-ring (bicyclic) bond motifs is 1. The molecule has 0 fully saturated rings. The lowest BCUT2D eigenvalue weighted by Gasteiger charge is -2.24. The second kappa shape index (κ2) is 11.9. The number of hydrogen-bond donors (Lipinski definition) is 1. The van der Waals surface area contributed by atoms with Crippen molar-refractivity contribution >= 4 is 22.6 Å². The normalized spacial score (nSPS) is 11.4. The molecule has 0 unspecified atom stereocenters. The van der Waals surface area contributed by atoms with E-state index in [1.807, 2.05) is 4.90 Å². The molecule has 2 heterocycles. The molecule has 1 amide bonds. The number of carbonyl (C=O) groups is 2. The zero-order valence-corrected chi connectivity index (χ0v) is 21.3. The standard InChI is InChI=1S/C27H36N4O4/c1-18(2)10-12-30(13-11-19(3)4)25(33)16-31-24-14-22(35-5)8-9-23(24)26(29-31)27(34)20-6-7-21(17-32)28-15-20/h6-9,14-15,18-19,32H,10-13,16-17H2,1-5H3. The first-order chi connectivity index (χ1) is 16.7. The van der Waals surface area contributed by atoms with Crippen LogP contribution in [0.3, 0.4) is 0 Å². The van der Waals surface area contributed by atoms with Crippen LogP contribution in [0.15, 0.2) is 36.5 Å². The van der Waals surface area contributed by atoms with E-state index in [1.165, 1.54) is 6.20 Å². The van der Waals surface area contributed by atoms with Crippen molar-refractivity contribution in [3.63, 3.8) is 0 Å². The van der Waals surface area contributed by atoms with Crippen LogP contribution in [-0.4, -0.2) is 56.7 Å². The molecule has 0 aliphatic carbocycles. The molecule has 1 N–H and O–H groups in total. The topological polar surface area (TPSA) is 97.5 Å². The Hall–Kier alpha value is -3.26. The molecule has 0 aliphatic rings. The molecule has 35 heavy (non-hydrogen) atoms. The molecular formula is C27H36N4O4. The van der Waals surface area contributed by atoms with E-state index in [9.17, 15) is 14.7 Å². The fourth-order valence-corrected chi connectivity index (χ4v) is 3.78. The van der Waals surface area contributed by atoms with Crippen molar-refractivity contribution in [1.29, 1.82) is 0 Å². The second-order valence-electron chi connectivity index (χ2n) is 9.66. The zero-order valence-electron chi connectivity index (χ0n) is 21.3. The summed E-state index contributed by atoms with van der Waals surface area (Å²) in [4.78, 5) is 32.7.